The third-order valence-corrected chi connectivity index (χ3v) is 8.39. The van der Waals surface area contributed by atoms with E-state index >= 15 is 0 Å². The number of hydrogen-bond donors (Lipinski definition) is 0. The van der Waals surface area contributed by atoms with E-state index in [0.29, 0.717) is 0 Å². The molecule has 3 nitrogen and oxygen atoms in total. The summed E-state index contributed by atoms with van der Waals surface area (Å²) in [7, 11) is 0. The van der Waals surface area contributed by atoms with Crippen molar-refractivity contribution in [2.75, 3.05) is 0 Å². The van der Waals surface area contributed by atoms with Crippen molar-refractivity contribution in [1.29, 1.82) is 0 Å². The van der Waals surface area contributed by atoms with Crippen molar-refractivity contribution in [1.82, 2.24) is 9.97 Å². The number of pyridine rings is 2. The average molecular weight is 795 g/mol. The van der Waals surface area contributed by atoms with Crippen LogP contribution < -0.4 is 0 Å². The van der Waals surface area contributed by atoms with Crippen molar-refractivity contribution in [3.63, 3.8) is 0 Å². The van der Waals surface area contributed by atoms with Gasteiger partial charge in [0.05, 0.1) is 5.69 Å². The maximum absolute atomic E-state index is 5.28. The van der Waals surface area contributed by atoms with Crippen LogP contribution in [0.15, 0.2) is 176 Å². The van der Waals surface area contributed by atoms with Crippen LogP contribution in [-0.2, 0) is 21.1 Å². The van der Waals surface area contributed by atoms with Crippen LogP contribution in [0.5, 0.6) is 0 Å². The largest absolute Gasteiger partial charge is 2.00 e. The van der Waals surface area contributed by atoms with Crippen molar-refractivity contribution >= 4 is 22.1 Å². The number of fused-ring (bicyclic) bond motifs is 1. The Kier molecular flexibility index (Phi) is 9.05. The second-order valence-electron chi connectivity index (χ2n) is 11.4. The van der Waals surface area contributed by atoms with Crippen LogP contribution in [0.4, 0.5) is 11.4 Å². The second-order valence-corrected chi connectivity index (χ2v) is 11.4. The van der Waals surface area contributed by atoms with Gasteiger partial charge in [0, 0.05) is 18.1 Å². The van der Waals surface area contributed by atoms with E-state index in [9.17, 15) is 0 Å². The molecular formula is C44H29N3Pt. The molecule has 0 amide bonds. The Bertz CT molecular complexity index is 2270. The Morgan fingerprint density at radius 1 is 0.417 bits per heavy atom. The predicted molar refractivity (Wildman–Crippen MR) is 195 cm³/mol. The first-order valence-corrected chi connectivity index (χ1v) is 15.7. The third kappa shape index (κ3) is 6.34. The molecule has 0 unspecified atom stereocenters. The molecule has 0 N–H and O–H groups in total. The molecule has 8 rings (SSSR count). The fourth-order valence-corrected chi connectivity index (χ4v) is 6.11. The van der Waals surface area contributed by atoms with Gasteiger partial charge in [-0.2, -0.15) is 5.69 Å². The standard InChI is InChI=1S/C44H29N3.Pt/c1-2-13-31(14-3-1)34-27-35(29-36(28-34)41-21-10-11-25-45-41)39-18-6-8-22-42(39)47-43-23-9-7-19-40(43)44-30-33(24-26-46-44)38-20-12-16-32-15-4-5-17-37(32)38;/h1-28,30H;/q-2;+2. The Balaban J connectivity index is 0.00000364. The van der Waals surface area contributed by atoms with Crippen LogP contribution in [0.1, 0.15) is 0 Å². The summed E-state index contributed by atoms with van der Waals surface area (Å²) in [5, 5.41) is 7.71. The summed E-state index contributed by atoms with van der Waals surface area (Å²) < 4.78 is 0. The first-order valence-electron chi connectivity index (χ1n) is 15.7. The predicted octanol–water partition coefficient (Wildman–Crippen LogP) is 12.1. The Hall–Kier alpha value is -5.63. The zero-order valence-electron chi connectivity index (χ0n) is 25.9. The molecule has 8 aromatic rings. The second kappa shape index (κ2) is 14.0. The molecule has 0 radical (unpaired) electrons. The van der Waals surface area contributed by atoms with Gasteiger partial charge in [-0.05, 0) is 51.2 Å². The van der Waals surface area contributed by atoms with Gasteiger partial charge in [0.1, 0.15) is 0 Å². The Labute approximate surface area is 295 Å². The van der Waals surface area contributed by atoms with Gasteiger partial charge < -0.3 is 5.32 Å². The fourth-order valence-electron chi connectivity index (χ4n) is 6.11. The Morgan fingerprint density at radius 2 is 1.06 bits per heavy atom. The molecule has 6 aromatic carbocycles. The minimum absolute atomic E-state index is 0. The molecule has 2 aromatic heterocycles. The van der Waals surface area contributed by atoms with Crippen LogP contribution >= 0.6 is 0 Å². The maximum atomic E-state index is 5.28. The van der Waals surface area contributed by atoms with Gasteiger partial charge in [-0.1, -0.05) is 150 Å². The molecular weight excluding hydrogens is 766 g/mol. The molecule has 0 fully saturated rings. The van der Waals surface area contributed by atoms with Gasteiger partial charge >= 0.3 is 21.1 Å². The monoisotopic (exact) mass is 794 g/mol. The van der Waals surface area contributed by atoms with Crippen molar-refractivity contribution in [3.8, 4) is 55.9 Å². The summed E-state index contributed by atoms with van der Waals surface area (Å²) in [6.45, 7) is 0. The van der Waals surface area contributed by atoms with Gasteiger partial charge in [0.25, 0.3) is 0 Å². The van der Waals surface area contributed by atoms with E-state index in [1.165, 1.54) is 16.3 Å². The molecule has 0 aliphatic rings. The summed E-state index contributed by atoms with van der Waals surface area (Å²) in [4.78, 5) is 9.45. The average Bonchev–Trinajstić information content (AvgIpc) is 3.15. The number of para-hydroxylation sites is 2. The summed E-state index contributed by atoms with van der Waals surface area (Å²) in [6, 6.07) is 60.1. The van der Waals surface area contributed by atoms with Gasteiger partial charge in [-0.3, -0.25) is 9.97 Å². The van der Waals surface area contributed by atoms with E-state index < -0.39 is 0 Å². The molecule has 0 bridgehead atoms. The minimum atomic E-state index is 0. The number of rotatable bonds is 7. The van der Waals surface area contributed by atoms with E-state index in [4.69, 9.17) is 10.3 Å². The number of nitrogens with zero attached hydrogens (tertiary/aromatic N) is 3. The maximum Gasteiger partial charge on any atom is 2.00 e. The first kappa shape index (κ1) is 31.0. The van der Waals surface area contributed by atoms with E-state index in [0.717, 1.165) is 61.7 Å². The molecule has 230 valence electrons. The van der Waals surface area contributed by atoms with Crippen LogP contribution in [-0.4, -0.2) is 9.97 Å². The van der Waals surface area contributed by atoms with Gasteiger partial charge in [0.15, 0.2) is 0 Å². The number of aromatic nitrogens is 2. The van der Waals surface area contributed by atoms with E-state index in [1.807, 2.05) is 54.9 Å². The van der Waals surface area contributed by atoms with Gasteiger partial charge in [-0.25, -0.2) is 0 Å². The molecule has 0 aliphatic carbocycles. The van der Waals surface area contributed by atoms with Crippen LogP contribution in [0.3, 0.4) is 0 Å². The number of hydrogen-bond acceptors (Lipinski definition) is 2. The van der Waals surface area contributed by atoms with Crippen LogP contribution in [0.25, 0.3) is 72.0 Å². The summed E-state index contributed by atoms with van der Waals surface area (Å²) >= 11 is 0. The van der Waals surface area contributed by atoms with Gasteiger partial charge in [-0.15, -0.1) is 29.4 Å². The van der Waals surface area contributed by atoms with Crippen molar-refractivity contribution in [3.05, 3.63) is 188 Å². The smallest absolute Gasteiger partial charge is 0.663 e. The number of benzene rings is 6. The SMILES string of the molecule is [Pt+2].[c-]1c(-c2ccccn2)cc(-c2ccccc2)cc1-c1ccccc1[N-]c1ccccc1-c1cc(-c2cccc3ccccc23)ccn1. The molecule has 4 heteroatoms. The summed E-state index contributed by atoms with van der Waals surface area (Å²) in [6.07, 6.45) is 3.71. The fraction of sp³-hybridized carbons (Fsp3) is 0. The third-order valence-electron chi connectivity index (χ3n) is 8.39. The van der Waals surface area contributed by atoms with Crippen molar-refractivity contribution in [2.24, 2.45) is 0 Å². The molecule has 0 atom stereocenters. The zero-order chi connectivity index (χ0) is 31.4. The zero-order valence-corrected chi connectivity index (χ0v) is 28.2. The van der Waals surface area contributed by atoms with Crippen LogP contribution in [0, 0.1) is 6.07 Å². The first-order chi connectivity index (χ1) is 23.3. The topological polar surface area (TPSA) is 39.9 Å². The normalized spacial score (nSPS) is 10.8. The molecule has 2 heterocycles. The molecule has 0 saturated heterocycles. The summed E-state index contributed by atoms with van der Waals surface area (Å²) in [5.41, 5.74) is 11.9. The summed E-state index contributed by atoms with van der Waals surface area (Å²) in [5.74, 6) is 0. The van der Waals surface area contributed by atoms with E-state index in [1.54, 1.807) is 0 Å². The van der Waals surface area contributed by atoms with E-state index in [-0.39, 0.29) is 21.1 Å². The van der Waals surface area contributed by atoms with Gasteiger partial charge in [0.2, 0.25) is 0 Å². The van der Waals surface area contributed by atoms with Crippen molar-refractivity contribution < 1.29 is 21.1 Å². The molecule has 0 spiro atoms. The quantitative estimate of drug-likeness (QED) is 0.151. The molecule has 0 aliphatic heterocycles. The minimum Gasteiger partial charge on any atom is -0.663 e. The molecule has 48 heavy (non-hydrogen) atoms. The van der Waals surface area contributed by atoms with Crippen molar-refractivity contribution in [2.45, 2.75) is 0 Å². The van der Waals surface area contributed by atoms with E-state index in [2.05, 4.69) is 132 Å². The Morgan fingerprint density at radius 3 is 1.90 bits per heavy atom. The molecule has 0 saturated carbocycles. The van der Waals surface area contributed by atoms with Crippen LogP contribution in [0.2, 0.25) is 0 Å².